The van der Waals surface area contributed by atoms with E-state index in [0.29, 0.717) is 12.1 Å². The van der Waals surface area contributed by atoms with Gasteiger partial charge in [-0.25, -0.2) is 0 Å². The van der Waals surface area contributed by atoms with Crippen molar-refractivity contribution in [2.75, 3.05) is 5.43 Å². The number of anilines is 1. The number of aromatic nitrogens is 1. The predicted molar refractivity (Wildman–Crippen MR) is 73.6 cm³/mol. The van der Waals surface area contributed by atoms with Crippen LogP contribution in [0.2, 0.25) is 0 Å². The van der Waals surface area contributed by atoms with Crippen molar-refractivity contribution in [3.8, 4) is 0 Å². The molecule has 0 bridgehead atoms. The topological polar surface area (TPSA) is 37.3 Å². The molecule has 0 unspecified atom stereocenters. The number of hydrogen-bond acceptors (Lipinski definition) is 3. The Morgan fingerprint density at radius 3 is 2.36 bits per heavy atom. The zero-order chi connectivity index (χ0) is 15.7. The van der Waals surface area contributed by atoms with Gasteiger partial charge in [0.2, 0.25) is 11.6 Å². The van der Waals surface area contributed by atoms with Crippen LogP contribution in [0, 0.1) is 23.5 Å². The van der Waals surface area contributed by atoms with E-state index in [1.165, 1.54) is 0 Å². The molecule has 0 saturated carbocycles. The minimum absolute atomic E-state index is 0.582. The Balaban J connectivity index is 1.97. The fraction of sp³-hybridized carbons (Fsp3) is 0.200. The van der Waals surface area contributed by atoms with Crippen molar-refractivity contribution in [3.63, 3.8) is 0 Å². The van der Waals surface area contributed by atoms with E-state index in [9.17, 15) is 17.6 Å². The third-order valence-corrected chi connectivity index (χ3v) is 3.49. The quantitative estimate of drug-likeness (QED) is 0.520. The van der Waals surface area contributed by atoms with Crippen LogP contribution >= 0.6 is 0 Å². The van der Waals surface area contributed by atoms with Gasteiger partial charge in [0.25, 0.3) is 11.9 Å². The molecule has 1 aromatic heterocycles. The normalized spacial score (nSPS) is 15.7. The van der Waals surface area contributed by atoms with Gasteiger partial charge < -0.3 is 0 Å². The Kier molecular flexibility index (Phi) is 3.79. The first-order chi connectivity index (χ1) is 10.6. The standard InChI is InChI=1S/C15H11F4N3/c16-11-13(12(17)15(19)20-14(11)18)22-21-10-7-3-5-8-4-1-2-6-9(8)10/h1-2,4,6H,3,5,7H2,(H,20,22)/b21-10-. The molecule has 7 heteroatoms. The van der Waals surface area contributed by atoms with E-state index in [1.807, 2.05) is 24.3 Å². The van der Waals surface area contributed by atoms with Crippen molar-refractivity contribution in [2.24, 2.45) is 5.10 Å². The van der Waals surface area contributed by atoms with Gasteiger partial charge in [0.1, 0.15) is 5.69 Å². The van der Waals surface area contributed by atoms with Crippen LogP contribution in [0.15, 0.2) is 29.4 Å². The highest BCUT2D eigenvalue weighted by molar-refractivity contribution is 6.03. The molecule has 0 saturated heterocycles. The van der Waals surface area contributed by atoms with Gasteiger partial charge in [-0.1, -0.05) is 24.3 Å². The average Bonchev–Trinajstić information content (AvgIpc) is 2.53. The highest BCUT2D eigenvalue weighted by atomic mass is 19.2. The van der Waals surface area contributed by atoms with Crippen LogP contribution in [-0.2, 0) is 6.42 Å². The fourth-order valence-corrected chi connectivity index (χ4v) is 2.43. The maximum Gasteiger partial charge on any atom is 0.254 e. The van der Waals surface area contributed by atoms with Crippen molar-refractivity contribution >= 4 is 11.4 Å². The summed E-state index contributed by atoms with van der Waals surface area (Å²) in [7, 11) is 0. The Bertz CT molecular complexity index is 732. The molecule has 22 heavy (non-hydrogen) atoms. The molecule has 1 N–H and O–H groups in total. The maximum atomic E-state index is 13.5. The van der Waals surface area contributed by atoms with Gasteiger partial charge in [0.15, 0.2) is 0 Å². The van der Waals surface area contributed by atoms with Crippen molar-refractivity contribution in [1.82, 2.24) is 4.98 Å². The number of hydrazone groups is 1. The summed E-state index contributed by atoms with van der Waals surface area (Å²) in [4.78, 5) is 2.49. The van der Waals surface area contributed by atoms with E-state index in [2.05, 4.69) is 15.5 Å². The molecule has 0 radical (unpaired) electrons. The van der Waals surface area contributed by atoms with Gasteiger partial charge in [0.05, 0.1) is 5.71 Å². The van der Waals surface area contributed by atoms with Gasteiger partial charge in [-0.15, -0.1) is 0 Å². The predicted octanol–water partition coefficient (Wildman–Crippen LogP) is 3.79. The van der Waals surface area contributed by atoms with Crippen molar-refractivity contribution in [2.45, 2.75) is 19.3 Å². The zero-order valence-corrected chi connectivity index (χ0v) is 11.3. The lowest BCUT2D eigenvalue weighted by Crippen LogP contribution is -2.14. The lowest BCUT2D eigenvalue weighted by Gasteiger charge is -2.17. The smallest absolute Gasteiger partial charge is 0.254 e. The van der Waals surface area contributed by atoms with Crippen molar-refractivity contribution < 1.29 is 17.6 Å². The minimum Gasteiger partial charge on any atom is -0.272 e. The Morgan fingerprint density at radius 2 is 1.64 bits per heavy atom. The second-order valence-electron chi connectivity index (χ2n) is 4.88. The molecule has 0 fully saturated rings. The zero-order valence-electron chi connectivity index (χ0n) is 11.3. The molecule has 114 valence electrons. The first-order valence-electron chi connectivity index (χ1n) is 6.68. The highest BCUT2D eigenvalue weighted by Gasteiger charge is 2.21. The number of nitrogens with one attached hydrogen (secondary N) is 1. The second kappa shape index (κ2) is 5.75. The van der Waals surface area contributed by atoms with Gasteiger partial charge >= 0.3 is 0 Å². The van der Waals surface area contributed by atoms with Crippen molar-refractivity contribution in [1.29, 1.82) is 0 Å². The molecule has 0 spiro atoms. The molecule has 3 rings (SSSR count). The van der Waals surface area contributed by atoms with Crippen LogP contribution < -0.4 is 5.43 Å². The highest BCUT2D eigenvalue weighted by Crippen LogP contribution is 2.24. The summed E-state index contributed by atoms with van der Waals surface area (Å²) in [5.74, 6) is -6.64. The summed E-state index contributed by atoms with van der Waals surface area (Å²) < 4.78 is 53.1. The molecule has 3 nitrogen and oxygen atoms in total. The third kappa shape index (κ3) is 2.54. The van der Waals surface area contributed by atoms with Gasteiger partial charge in [0, 0.05) is 5.56 Å². The van der Waals surface area contributed by atoms with E-state index in [-0.39, 0.29) is 0 Å². The van der Waals surface area contributed by atoms with E-state index in [4.69, 9.17) is 0 Å². The largest absolute Gasteiger partial charge is 0.272 e. The van der Waals surface area contributed by atoms with E-state index in [0.717, 1.165) is 24.0 Å². The van der Waals surface area contributed by atoms with E-state index < -0.39 is 29.2 Å². The average molecular weight is 309 g/mol. The number of hydrogen-bond donors (Lipinski definition) is 1. The summed E-state index contributed by atoms with van der Waals surface area (Å²) >= 11 is 0. The number of benzene rings is 1. The van der Waals surface area contributed by atoms with Crippen LogP contribution in [0.3, 0.4) is 0 Å². The van der Waals surface area contributed by atoms with E-state index >= 15 is 0 Å². The molecule has 1 aliphatic carbocycles. The second-order valence-corrected chi connectivity index (χ2v) is 4.88. The number of aryl methyl sites for hydroxylation is 1. The number of halogens is 4. The molecule has 2 aromatic rings. The Hall–Kier alpha value is -2.44. The van der Waals surface area contributed by atoms with Gasteiger partial charge in [-0.05, 0) is 24.8 Å². The summed E-state index contributed by atoms with van der Waals surface area (Å²) in [6, 6.07) is 7.50. The molecule has 1 heterocycles. The lowest BCUT2D eigenvalue weighted by atomic mass is 9.90. The SMILES string of the molecule is Fc1nc(F)c(F)c(N/N=C2/CCCc3ccccc32)c1F. The van der Waals surface area contributed by atoms with Crippen LogP contribution in [-0.4, -0.2) is 10.7 Å². The van der Waals surface area contributed by atoms with Gasteiger partial charge in [-0.3, -0.25) is 5.43 Å². The van der Waals surface area contributed by atoms with E-state index in [1.54, 1.807) is 0 Å². The number of fused-ring (bicyclic) bond motifs is 1. The molecule has 1 aliphatic rings. The van der Waals surface area contributed by atoms with Crippen LogP contribution in [0.1, 0.15) is 24.0 Å². The molecule has 0 atom stereocenters. The molecule has 0 amide bonds. The van der Waals surface area contributed by atoms with Crippen LogP contribution in [0.25, 0.3) is 0 Å². The van der Waals surface area contributed by atoms with Crippen molar-refractivity contribution in [3.05, 3.63) is 58.9 Å². The number of nitrogens with zero attached hydrogens (tertiary/aromatic N) is 2. The lowest BCUT2D eigenvalue weighted by molar-refractivity contribution is 0.411. The van der Waals surface area contributed by atoms with Crippen LogP contribution in [0.5, 0.6) is 0 Å². The van der Waals surface area contributed by atoms with Crippen LogP contribution in [0.4, 0.5) is 23.2 Å². The maximum absolute atomic E-state index is 13.5. The summed E-state index contributed by atoms with van der Waals surface area (Å²) in [5, 5.41) is 3.92. The first kappa shape index (κ1) is 14.5. The van der Waals surface area contributed by atoms with Gasteiger partial charge in [-0.2, -0.15) is 27.6 Å². The molecular formula is C15H11F4N3. The first-order valence-corrected chi connectivity index (χ1v) is 6.68. The minimum atomic E-state index is -1.72. The molecule has 1 aromatic carbocycles. The summed E-state index contributed by atoms with van der Waals surface area (Å²) in [5.41, 5.74) is 3.62. The third-order valence-electron chi connectivity index (χ3n) is 3.49. The number of rotatable bonds is 2. The Morgan fingerprint density at radius 1 is 0.955 bits per heavy atom. The summed E-state index contributed by atoms with van der Waals surface area (Å²) in [6.45, 7) is 0. The number of pyridine rings is 1. The molecule has 0 aliphatic heterocycles. The Labute approximate surface area is 123 Å². The summed E-state index contributed by atoms with van der Waals surface area (Å²) in [6.07, 6.45) is 2.32. The molecular weight excluding hydrogens is 298 g/mol. The fourth-order valence-electron chi connectivity index (χ4n) is 2.43. The monoisotopic (exact) mass is 309 g/mol.